The van der Waals surface area contributed by atoms with Crippen LogP contribution in [0.3, 0.4) is 0 Å². The van der Waals surface area contributed by atoms with E-state index < -0.39 is 0 Å². The number of nitrogens with zero attached hydrogens (tertiary/aromatic N) is 1. The van der Waals surface area contributed by atoms with Crippen LogP contribution in [0.2, 0.25) is 0 Å². The summed E-state index contributed by atoms with van der Waals surface area (Å²) in [5.74, 6) is 1.15. The summed E-state index contributed by atoms with van der Waals surface area (Å²) in [7, 11) is 4.12. The molecule has 0 amide bonds. The van der Waals surface area contributed by atoms with Gasteiger partial charge in [-0.3, -0.25) is 4.79 Å². The molecule has 0 spiro atoms. The molecule has 30 heavy (non-hydrogen) atoms. The Morgan fingerprint density at radius 1 is 1.00 bits per heavy atom. The van der Waals surface area contributed by atoms with E-state index in [9.17, 15) is 4.79 Å². The van der Waals surface area contributed by atoms with Crippen LogP contribution in [0.15, 0.2) is 78.9 Å². The van der Waals surface area contributed by atoms with Crippen molar-refractivity contribution in [1.29, 1.82) is 0 Å². The molecule has 4 heteroatoms. The first-order chi connectivity index (χ1) is 14.6. The summed E-state index contributed by atoms with van der Waals surface area (Å²) >= 11 is 0. The average Bonchev–Trinajstić information content (AvgIpc) is 2.78. The molecular formula is C26H27NO3. The number of rotatable bonds is 7. The SMILES string of the molecule is CN(C)CCC(Oc1ccc2c(c1)OCC(c1ccccc1)C2=O)c1ccccc1. The Morgan fingerprint density at radius 3 is 2.40 bits per heavy atom. The Kier molecular flexibility index (Phi) is 6.15. The fourth-order valence-electron chi connectivity index (χ4n) is 3.77. The number of carbonyl (C=O) groups excluding carboxylic acids is 1. The second-order valence-electron chi connectivity index (χ2n) is 7.91. The van der Waals surface area contributed by atoms with Crippen molar-refractivity contribution in [3.05, 3.63) is 95.6 Å². The molecular weight excluding hydrogens is 374 g/mol. The van der Waals surface area contributed by atoms with Gasteiger partial charge in [0.1, 0.15) is 24.2 Å². The van der Waals surface area contributed by atoms with Gasteiger partial charge in [0.2, 0.25) is 0 Å². The van der Waals surface area contributed by atoms with Crippen molar-refractivity contribution in [2.24, 2.45) is 0 Å². The number of fused-ring (bicyclic) bond motifs is 1. The second kappa shape index (κ2) is 9.14. The lowest BCUT2D eigenvalue weighted by Gasteiger charge is -2.26. The van der Waals surface area contributed by atoms with Crippen LogP contribution >= 0.6 is 0 Å². The number of hydrogen-bond donors (Lipinski definition) is 0. The number of carbonyl (C=O) groups is 1. The van der Waals surface area contributed by atoms with Crippen LogP contribution < -0.4 is 9.47 Å². The molecule has 154 valence electrons. The molecule has 1 heterocycles. The molecule has 0 radical (unpaired) electrons. The van der Waals surface area contributed by atoms with Gasteiger partial charge in [-0.2, -0.15) is 0 Å². The van der Waals surface area contributed by atoms with Crippen molar-refractivity contribution in [1.82, 2.24) is 4.90 Å². The van der Waals surface area contributed by atoms with Gasteiger partial charge < -0.3 is 14.4 Å². The number of ketones is 1. The molecule has 0 aliphatic carbocycles. The molecule has 0 aromatic heterocycles. The van der Waals surface area contributed by atoms with E-state index >= 15 is 0 Å². The fourth-order valence-corrected chi connectivity index (χ4v) is 3.77. The van der Waals surface area contributed by atoms with Crippen molar-refractivity contribution < 1.29 is 14.3 Å². The van der Waals surface area contributed by atoms with E-state index in [1.165, 1.54) is 0 Å². The number of Topliss-reactive ketones (excluding diaryl/α,β-unsaturated/α-hetero) is 1. The lowest BCUT2D eigenvalue weighted by atomic mass is 9.89. The highest BCUT2D eigenvalue weighted by molar-refractivity contribution is 6.04. The first-order valence-electron chi connectivity index (χ1n) is 10.3. The lowest BCUT2D eigenvalue weighted by Crippen LogP contribution is -2.26. The Hall–Kier alpha value is -3.11. The van der Waals surface area contributed by atoms with Crippen molar-refractivity contribution in [2.75, 3.05) is 27.2 Å². The minimum atomic E-state index is -0.261. The van der Waals surface area contributed by atoms with Gasteiger partial charge in [-0.05, 0) is 37.4 Å². The van der Waals surface area contributed by atoms with Crippen LogP contribution in [0.4, 0.5) is 0 Å². The minimum Gasteiger partial charge on any atom is -0.492 e. The summed E-state index contributed by atoms with van der Waals surface area (Å²) in [5, 5.41) is 0. The summed E-state index contributed by atoms with van der Waals surface area (Å²) in [6, 6.07) is 25.6. The molecule has 0 N–H and O–H groups in total. The fraction of sp³-hybridized carbons (Fsp3) is 0.269. The van der Waals surface area contributed by atoms with E-state index in [0.29, 0.717) is 23.7 Å². The van der Waals surface area contributed by atoms with Crippen LogP contribution in [0.25, 0.3) is 0 Å². The largest absolute Gasteiger partial charge is 0.492 e. The Balaban J connectivity index is 1.54. The summed E-state index contributed by atoms with van der Waals surface area (Å²) < 4.78 is 12.3. The van der Waals surface area contributed by atoms with Gasteiger partial charge in [0.15, 0.2) is 5.78 Å². The molecule has 0 saturated heterocycles. The lowest BCUT2D eigenvalue weighted by molar-refractivity contribution is 0.0895. The van der Waals surface area contributed by atoms with E-state index in [4.69, 9.17) is 9.47 Å². The molecule has 3 aromatic carbocycles. The van der Waals surface area contributed by atoms with Crippen molar-refractivity contribution in [2.45, 2.75) is 18.4 Å². The van der Waals surface area contributed by atoms with E-state index in [0.717, 1.165) is 24.1 Å². The molecule has 1 aliphatic heterocycles. The summed E-state index contributed by atoms with van der Waals surface area (Å²) in [4.78, 5) is 15.2. The first kappa shape index (κ1) is 20.2. The first-order valence-corrected chi connectivity index (χ1v) is 10.3. The second-order valence-corrected chi connectivity index (χ2v) is 7.91. The van der Waals surface area contributed by atoms with Crippen LogP contribution in [0.1, 0.15) is 39.9 Å². The maximum atomic E-state index is 13.0. The van der Waals surface area contributed by atoms with Crippen molar-refractivity contribution in [3.8, 4) is 11.5 Å². The molecule has 4 rings (SSSR count). The van der Waals surface area contributed by atoms with Gasteiger partial charge in [-0.25, -0.2) is 0 Å². The Labute approximate surface area is 178 Å². The molecule has 4 nitrogen and oxygen atoms in total. The van der Waals surface area contributed by atoms with Gasteiger partial charge in [-0.15, -0.1) is 0 Å². The minimum absolute atomic E-state index is 0.0667. The van der Waals surface area contributed by atoms with Crippen LogP contribution in [-0.2, 0) is 0 Å². The van der Waals surface area contributed by atoms with Crippen molar-refractivity contribution in [3.63, 3.8) is 0 Å². The van der Waals surface area contributed by atoms with E-state index in [-0.39, 0.29) is 17.8 Å². The van der Waals surface area contributed by atoms with Crippen LogP contribution in [-0.4, -0.2) is 37.9 Å². The monoisotopic (exact) mass is 401 g/mol. The Bertz CT molecular complexity index is 986. The highest BCUT2D eigenvalue weighted by Gasteiger charge is 2.30. The zero-order valence-corrected chi connectivity index (χ0v) is 17.5. The number of ether oxygens (including phenoxy) is 2. The topological polar surface area (TPSA) is 38.8 Å². The third-order valence-corrected chi connectivity index (χ3v) is 5.43. The maximum absolute atomic E-state index is 13.0. The normalized spacial score (nSPS) is 16.6. The van der Waals surface area contributed by atoms with Gasteiger partial charge in [-0.1, -0.05) is 60.7 Å². The highest BCUT2D eigenvalue weighted by Crippen LogP contribution is 2.36. The third kappa shape index (κ3) is 4.55. The Morgan fingerprint density at radius 2 is 1.70 bits per heavy atom. The van der Waals surface area contributed by atoms with Gasteiger partial charge in [0.05, 0.1) is 11.5 Å². The average molecular weight is 402 g/mol. The predicted molar refractivity (Wildman–Crippen MR) is 118 cm³/mol. The number of hydrogen-bond acceptors (Lipinski definition) is 4. The third-order valence-electron chi connectivity index (χ3n) is 5.43. The zero-order chi connectivity index (χ0) is 20.9. The van der Waals surface area contributed by atoms with Gasteiger partial charge >= 0.3 is 0 Å². The molecule has 0 fully saturated rings. The maximum Gasteiger partial charge on any atom is 0.177 e. The van der Waals surface area contributed by atoms with Crippen LogP contribution in [0, 0.1) is 0 Å². The molecule has 3 aromatic rings. The highest BCUT2D eigenvalue weighted by atomic mass is 16.5. The van der Waals surface area contributed by atoms with Crippen molar-refractivity contribution >= 4 is 5.78 Å². The zero-order valence-electron chi connectivity index (χ0n) is 17.5. The molecule has 1 aliphatic rings. The summed E-state index contributed by atoms with van der Waals surface area (Å²) in [6.45, 7) is 1.26. The standard InChI is InChI=1S/C26H27NO3/c1-27(2)16-15-24(20-11-7-4-8-12-20)30-21-13-14-22-25(17-21)29-18-23(26(22)28)19-9-5-3-6-10-19/h3-14,17,23-24H,15-16,18H2,1-2H3. The summed E-state index contributed by atoms with van der Waals surface area (Å²) in [6.07, 6.45) is 0.798. The van der Waals surface area contributed by atoms with E-state index in [1.54, 1.807) is 0 Å². The molecule has 0 bridgehead atoms. The molecule has 0 saturated carbocycles. The van der Waals surface area contributed by atoms with E-state index in [2.05, 4.69) is 31.1 Å². The molecule has 2 atom stereocenters. The number of benzene rings is 3. The quantitative estimate of drug-likeness (QED) is 0.551. The van der Waals surface area contributed by atoms with Gasteiger partial charge in [0.25, 0.3) is 0 Å². The smallest absolute Gasteiger partial charge is 0.177 e. The van der Waals surface area contributed by atoms with E-state index in [1.807, 2.05) is 66.7 Å². The van der Waals surface area contributed by atoms with Gasteiger partial charge in [0, 0.05) is 19.0 Å². The predicted octanol–water partition coefficient (Wildman–Crippen LogP) is 5.12. The summed E-state index contributed by atoms with van der Waals surface area (Å²) in [5.41, 5.74) is 2.74. The van der Waals surface area contributed by atoms with Crippen LogP contribution in [0.5, 0.6) is 11.5 Å². The molecule has 2 unspecified atom stereocenters.